The SMILES string of the molecule is Cc1ccc(C)c(C(O)Cn2ccc(C)cc2=O)c1. The predicted molar refractivity (Wildman–Crippen MR) is 76.3 cm³/mol. The Hall–Kier alpha value is -1.87. The molecule has 0 saturated carbocycles. The summed E-state index contributed by atoms with van der Waals surface area (Å²) in [5, 5.41) is 10.3. The van der Waals surface area contributed by atoms with Crippen molar-refractivity contribution >= 4 is 0 Å². The van der Waals surface area contributed by atoms with Gasteiger partial charge in [-0.1, -0.05) is 23.8 Å². The largest absolute Gasteiger partial charge is 0.387 e. The normalized spacial score (nSPS) is 12.4. The van der Waals surface area contributed by atoms with E-state index in [9.17, 15) is 9.90 Å². The molecule has 1 atom stereocenters. The summed E-state index contributed by atoms with van der Waals surface area (Å²) >= 11 is 0. The van der Waals surface area contributed by atoms with E-state index < -0.39 is 6.10 Å². The van der Waals surface area contributed by atoms with Crippen LogP contribution >= 0.6 is 0 Å². The predicted octanol–water partition coefficient (Wildman–Crippen LogP) is 2.51. The van der Waals surface area contributed by atoms with Crippen LogP contribution in [0.1, 0.15) is 28.4 Å². The van der Waals surface area contributed by atoms with E-state index in [0.717, 1.165) is 22.3 Å². The molecule has 0 aliphatic heterocycles. The fourth-order valence-corrected chi connectivity index (χ4v) is 2.16. The average molecular weight is 257 g/mol. The molecule has 2 aromatic rings. The standard InChI is InChI=1S/C16H19NO2/c1-11-4-5-13(3)14(8-11)15(18)10-17-7-6-12(2)9-16(17)19/h4-9,15,18H,10H2,1-3H3. The zero-order valence-corrected chi connectivity index (χ0v) is 11.6. The summed E-state index contributed by atoms with van der Waals surface area (Å²) in [4.78, 5) is 11.8. The van der Waals surface area contributed by atoms with Crippen molar-refractivity contribution in [1.29, 1.82) is 0 Å². The van der Waals surface area contributed by atoms with Gasteiger partial charge in [0.1, 0.15) is 0 Å². The first kappa shape index (κ1) is 13.6. The molecule has 0 aliphatic rings. The Labute approximate surface area is 113 Å². The lowest BCUT2D eigenvalue weighted by Crippen LogP contribution is -2.22. The molecular formula is C16H19NO2. The van der Waals surface area contributed by atoms with Crippen LogP contribution in [0.4, 0.5) is 0 Å². The molecule has 0 aliphatic carbocycles. The van der Waals surface area contributed by atoms with Crippen LogP contribution in [-0.4, -0.2) is 9.67 Å². The molecule has 1 unspecified atom stereocenters. The quantitative estimate of drug-likeness (QED) is 0.918. The number of aliphatic hydroxyl groups is 1. The fourth-order valence-electron chi connectivity index (χ4n) is 2.16. The van der Waals surface area contributed by atoms with Crippen molar-refractivity contribution in [3.8, 4) is 0 Å². The van der Waals surface area contributed by atoms with E-state index in [1.54, 1.807) is 16.8 Å². The van der Waals surface area contributed by atoms with Crippen LogP contribution in [0.3, 0.4) is 0 Å². The molecule has 1 heterocycles. The summed E-state index contributed by atoms with van der Waals surface area (Å²) in [5.74, 6) is 0. The highest BCUT2D eigenvalue weighted by atomic mass is 16.3. The number of benzene rings is 1. The van der Waals surface area contributed by atoms with Gasteiger partial charge >= 0.3 is 0 Å². The number of aryl methyl sites for hydroxylation is 3. The third-order valence-electron chi connectivity index (χ3n) is 3.31. The van der Waals surface area contributed by atoms with Gasteiger partial charge in [-0.3, -0.25) is 4.79 Å². The van der Waals surface area contributed by atoms with Crippen molar-refractivity contribution in [2.45, 2.75) is 33.4 Å². The number of aliphatic hydroxyl groups excluding tert-OH is 1. The summed E-state index contributed by atoms with van der Waals surface area (Å²) in [6.45, 7) is 6.12. The van der Waals surface area contributed by atoms with E-state index in [0.29, 0.717) is 0 Å². The van der Waals surface area contributed by atoms with E-state index in [4.69, 9.17) is 0 Å². The molecule has 1 aromatic carbocycles. The lowest BCUT2D eigenvalue weighted by Gasteiger charge is -2.16. The number of hydrogen-bond donors (Lipinski definition) is 1. The molecule has 3 nitrogen and oxygen atoms in total. The molecule has 0 spiro atoms. The molecule has 2 rings (SSSR count). The lowest BCUT2D eigenvalue weighted by molar-refractivity contribution is 0.154. The van der Waals surface area contributed by atoms with Crippen LogP contribution in [0.15, 0.2) is 41.3 Å². The molecule has 3 heteroatoms. The Morgan fingerprint density at radius 1 is 1.11 bits per heavy atom. The van der Waals surface area contributed by atoms with Crippen molar-refractivity contribution in [1.82, 2.24) is 4.57 Å². The Morgan fingerprint density at radius 3 is 2.47 bits per heavy atom. The Morgan fingerprint density at radius 2 is 1.79 bits per heavy atom. The van der Waals surface area contributed by atoms with Crippen LogP contribution in [0.2, 0.25) is 0 Å². The van der Waals surface area contributed by atoms with E-state index in [-0.39, 0.29) is 12.1 Å². The zero-order valence-electron chi connectivity index (χ0n) is 11.6. The third kappa shape index (κ3) is 3.12. The first-order valence-electron chi connectivity index (χ1n) is 6.39. The Balaban J connectivity index is 2.28. The molecule has 1 aromatic heterocycles. The van der Waals surface area contributed by atoms with E-state index in [1.165, 1.54) is 0 Å². The Bertz CT molecular complexity index is 643. The van der Waals surface area contributed by atoms with Crippen molar-refractivity contribution in [2.75, 3.05) is 0 Å². The van der Waals surface area contributed by atoms with Gasteiger partial charge in [0.05, 0.1) is 12.6 Å². The Kier molecular flexibility index (Phi) is 3.86. The third-order valence-corrected chi connectivity index (χ3v) is 3.31. The van der Waals surface area contributed by atoms with Crippen LogP contribution < -0.4 is 5.56 Å². The van der Waals surface area contributed by atoms with Gasteiger partial charge in [-0.05, 0) is 43.5 Å². The van der Waals surface area contributed by atoms with Gasteiger partial charge in [0.25, 0.3) is 5.56 Å². The number of pyridine rings is 1. The van der Waals surface area contributed by atoms with Crippen LogP contribution in [0.5, 0.6) is 0 Å². The first-order chi connectivity index (χ1) is 8.97. The second-order valence-corrected chi connectivity index (χ2v) is 5.07. The minimum absolute atomic E-state index is 0.0793. The molecule has 0 fully saturated rings. The lowest BCUT2D eigenvalue weighted by atomic mass is 10.0. The molecule has 0 radical (unpaired) electrons. The van der Waals surface area contributed by atoms with Gasteiger partial charge in [0, 0.05) is 12.3 Å². The minimum atomic E-state index is -0.666. The van der Waals surface area contributed by atoms with Gasteiger partial charge in [-0.25, -0.2) is 0 Å². The van der Waals surface area contributed by atoms with E-state index >= 15 is 0 Å². The summed E-state index contributed by atoms with van der Waals surface area (Å²) in [6.07, 6.45) is 1.06. The second-order valence-electron chi connectivity index (χ2n) is 5.07. The maximum Gasteiger partial charge on any atom is 0.250 e. The number of hydrogen-bond acceptors (Lipinski definition) is 2. The fraction of sp³-hybridized carbons (Fsp3) is 0.312. The minimum Gasteiger partial charge on any atom is -0.387 e. The molecule has 19 heavy (non-hydrogen) atoms. The molecule has 0 saturated heterocycles. The van der Waals surface area contributed by atoms with Crippen LogP contribution in [-0.2, 0) is 6.54 Å². The smallest absolute Gasteiger partial charge is 0.250 e. The van der Waals surface area contributed by atoms with Crippen LogP contribution in [0, 0.1) is 20.8 Å². The van der Waals surface area contributed by atoms with E-state index in [2.05, 4.69) is 0 Å². The van der Waals surface area contributed by atoms with Crippen molar-refractivity contribution < 1.29 is 5.11 Å². The topological polar surface area (TPSA) is 42.2 Å². The zero-order chi connectivity index (χ0) is 14.0. The van der Waals surface area contributed by atoms with Crippen molar-refractivity contribution in [2.24, 2.45) is 0 Å². The highest BCUT2D eigenvalue weighted by Gasteiger charge is 2.12. The number of aromatic nitrogens is 1. The first-order valence-corrected chi connectivity index (χ1v) is 6.39. The van der Waals surface area contributed by atoms with Gasteiger partial charge in [0.2, 0.25) is 0 Å². The van der Waals surface area contributed by atoms with Crippen LogP contribution in [0.25, 0.3) is 0 Å². The maximum atomic E-state index is 11.8. The van der Waals surface area contributed by atoms with Gasteiger partial charge in [-0.2, -0.15) is 0 Å². The van der Waals surface area contributed by atoms with E-state index in [1.807, 2.05) is 45.0 Å². The summed E-state index contributed by atoms with van der Waals surface area (Å²) in [6, 6.07) is 9.43. The molecular weight excluding hydrogens is 238 g/mol. The summed E-state index contributed by atoms with van der Waals surface area (Å²) in [5.41, 5.74) is 3.88. The monoisotopic (exact) mass is 257 g/mol. The highest BCUT2D eigenvalue weighted by Crippen LogP contribution is 2.20. The van der Waals surface area contributed by atoms with Crippen molar-refractivity contribution in [3.05, 3.63) is 69.1 Å². The molecule has 0 amide bonds. The average Bonchev–Trinajstić information content (AvgIpc) is 2.35. The summed E-state index contributed by atoms with van der Waals surface area (Å²) in [7, 11) is 0. The van der Waals surface area contributed by atoms with Gasteiger partial charge < -0.3 is 9.67 Å². The number of nitrogens with zero attached hydrogens (tertiary/aromatic N) is 1. The maximum absolute atomic E-state index is 11.8. The molecule has 1 N–H and O–H groups in total. The molecule has 0 bridgehead atoms. The van der Waals surface area contributed by atoms with Gasteiger partial charge in [-0.15, -0.1) is 0 Å². The van der Waals surface area contributed by atoms with Crippen molar-refractivity contribution in [3.63, 3.8) is 0 Å². The highest BCUT2D eigenvalue weighted by molar-refractivity contribution is 5.32. The molecule has 100 valence electrons. The second kappa shape index (κ2) is 5.41. The van der Waals surface area contributed by atoms with Gasteiger partial charge in [0.15, 0.2) is 0 Å². The number of rotatable bonds is 3. The summed E-state index contributed by atoms with van der Waals surface area (Å²) < 4.78 is 1.54.